The molecule has 4 nitrogen and oxygen atoms in total. The van der Waals surface area contributed by atoms with Gasteiger partial charge in [-0.3, -0.25) is 4.79 Å². The molecule has 0 saturated heterocycles. The third-order valence-electron chi connectivity index (χ3n) is 5.81. The number of rotatable bonds is 18. The van der Waals surface area contributed by atoms with Crippen LogP contribution in [-0.2, 0) is 4.79 Å². The molecule has 5 heteroatoms. The van der Waals surface area contributed by atoms with Gasteiger partial charge in [-0.25, -0.2) is 0 Å². The second-order valence-corrected chi connectivity index (χ2v) is 9.30. The van der Waals surface area contributed by atoms with Gasteiger partial charge in [0.05, 0.1) is 17.7 Å². The summed E-state index contributed by atoms with van der Waals surface area (Å²) in [6.07, 6.45) is 13.1. The average Bonchev–Trinajstić information content (AvgIpc) is 2.85. The van der Waals surface area contributed by atoms with E-state index in [-0.39, 0.29) is 12.0 Å². The van der Waals surface area contributed by atoms with Gasteiger partial charge < -0.3 is 14.8 Å². The molecule has 2 aromatic rings. The van der Waals surface area contributed by atoms with Crippen LogP contribution in [0.25, 0.3) is 0 Å². The van der Waals surface area contributed by atoms with Gasteiger partial charge in [0.25, 0.3) is 0 Å². The second kappa shape index (κ2) is 17.3. The van der Waals surface area contributed by atoms with Crippen molar-refractivity contribution in [3.05, 3.63) is 53.6 Å². The van der Waals surface area contributed by atoms with Crippen LogP contribution in [0.4, 0.5) is 5.69 Å². The van der Waals surface area contributed by atoms with Gasteiger partial charge in [0.1, 0.15) is 11.5 Å². The molecule has 0 radical (unpaired) electrons. The van der Waals surface area contributed by atoms with E-state index >= 15 is 0 Å². The minimum Gasteiger partial charge on any atom is -0.494 e. The van der Waals surface area contributed by atoms with Gasteiger partial charge in [-0.2, -0.15) is 0 Å². The summed E-state index contributed by atoms with van der Waals surface area (Å²) in [7, 11) is 0. The number of carbonyl (C=O) groups excluding carboxylic acids is 1. The van der Waals surface area contributed by atoms with Gasteiger partial charge in [-0.05, 0) is 62.1 Å². The van der Waals surface area contributed by atoms with Gasteiger partial charge in [-0.1, -0.05) is 82.5 Å². The Morgan fingerprint density at radius 3 is 2.21 bits per heavy atom. The Kier molecular flexibility index (Phi) is 14.2. The van der Waals surface area contributed by atoms with Crippen molar-refractivity contribution in [2.45, 2.75) is 97.0 Å². The number of anilines is 1. The smallest absolute Gasteiger partial charge is 0.224 e. The van der Waals surface area contributed by atoms with Crippen molar-refractivity contribution >= 4 is 23.2 Å². The summed E-state index contributed by atoms with van der Waals surface area (Å²) < 4.78 is 11.8. The summed E-state index contributed by atoms with van der Waals surface area (Å²) >= 11 is 6.31. The van der Waals surface area contributed by atoms with Gasteiger partial charge in [0.15, 0.2) is 0 Å². The van der Waals surface area contributed by atoms with Crippen LogP contribution in [0.2, 0.25) is 5.02 Å². The van der Waals surface area contributed by atoms with Crippen LogP contribution in [0.5, 0.6) is 11.5 Å². The summed E-state index contributed by atoms with van der Waals surface area (Å²) in [6.45, 7) is 5.02. The number of ether oxygens (including phenoxy) is 2. The van der Waals surface area contributed by atoms with Gasteiger partial charge in [0.2, 0.25) is 5.91 Å². The maximum Gasteiger partial charge on any atom is 0.224 e. The monoisotopic (exact) mass is 487 g/mol. The summed E-state index contributed by atoms with van der Waals surface area (Å²) in [6, 6.07) is 15.1. The number of carbonyl (C=O) groups is 1. The summed E-state index contributed by atoms with van der Waals surface area (Å²) in [5.74, 6) is 1.50. The molecule has 0 saturated carbocycles. The first-order chi connectivity index (χ1) is 16.6. The van der Waals surface area contributed by atoms with E-state index in [1.807, 2.05) is 48.5 Å². The number of hydrogen-bond acceptors (Lipinski definition) is 3. The summed E-state index contributed by atoms with van der Waals surface area (Å²) in [4.78, 5) is 12.6. The molecule has 0 spiro atoms. The van der Waals surface area contributed by atoms with E-state index in [0.29, 0.717) is 30.2 Å². The lowest BCUT2D eigenvalue weighted by molar-refractivity contribution is -0.116. The Morgan fingerprint density at radius 2 is 1.53 bits per heavy atom. The molecule has 188 valence electrons. The molecule has 0 aromatic heterocycles. The Morgan fingerprint density at radius 1 is 0.853 bits per heavy atom. The van der Waals surface area contributed by atoms with Crippen LogP contribution >= 0.6 is 11.6 Å². The molecule has 0 aliphatic heterocycles. The average molecular weight is 488 g/mol. The molecule has 2 rings (SSSR count). The Hall–Kier alpha value is -2.20. The number of unbranched alkanes of at least 4 members (excludes halogenated alkanes) is 7. The van der Waals surface area contributed by atoms with E-state index in [1.165, 1.54) is 44.9 Å². The van der Waals surface area contributed by atoms with Crippen LogP contribution in [-0.4, -0.2) is 18.6 Å². The zero-order valence-electron chi connectivity index (χ0n) is 21.0. The molecule has 1 atom stereocenters. The molecule has 0 aliphatic carbocycles. The molecule has 0 heterocycles. The predicted octanol–water partition coefficient (Wildman–Crippen LogP) is 8.83. The van der Waals surface area contributed by atoms with Gasteiger partial charge in [0, 0.05) is 12.1 Å². The van der Waals surface area contributed by atoms with E-state index in [4.69, 9.17) is 21.1 Å². The van der Waals surface area contributed by atoms with E-state index in [2.05, 4.69) is 19.2 Å². The number of halogens is 1. The Balaban J connectivity index is 1.80. The predicted molar refractivity (Wildman–Crippen MR) is 143 cm³/mol. The fourth-order valence-corrected chi connectivity index (χ4v) is 4.04. The minimum absolute atomic E-state index is 0.00842. The first-order valence-electron chi connectivity index (χ1n) is 13.1. The maximum atomic E-state index is 12.6. The van der Waals surface area contributed by atoms with Crippen LogP contribution in [0, 0.1) is 0 Å². The zero-order chi connectivity index (χ0) is 24.4. The Labute approximate surface area is 211 Å². The molecule has 0 fully saturated rings. The van der Waals surface area contributed by atoms with E-state index in [0.717, 1.165) is 30.7 Å². The van der Waals surface area contributed by atoms with Crippen LogP contribution < -0.4 is 14.8 Å². The van der Waals surface area contributed by atoms with Crippen molar-refractivity contribution in [2.24, 2.45) is 0 Å². The number of benzene rings is 2. The zero-order valence-corrected chi connectivity index (χ0v) is 21.7. The number of hydrogen-bond donors (Lipinski definition) is 1. The molecule has 0 bridgehead atoms. The van der Waals surface area contributed by atoms with Crippen molar-refractivity contribution in [3.8, 4) is 11.5 Å². The molecule has 0 aliphatic rings. The van der Waals surface area contributed by atoms with Crippen molar-refractivity contribution in [2.75, 3.05) is 11.9 Å². The van der Waals surface area contributed by atoms with E-state index < -0.39 is 0 Å². The number of amides is 1. The lowest BCUT2D eigenvalue weighted by atomic mass is 10.0. The molecular formula is C29H42ClNO3. The lowest BCUT2D eigenvalue weighted by Gasteiger charge is -2.20. The lowest BCUT2D eigenvalue weighted by Crippen LogP contribution is -2.21. The summed E-state index contributed by atoms with van der Waals surface area (Å²) in [5.41, 5.74) is 0.778. The van der Waals surface area contributed by atoms with Crippen molar-refractivity contribution in [3.63, 3.8) is 0 Å². The van der Waals surface area contributed by atoms with Crippen molar-refractivity contribution in [1.29, 1.82) is 0 Å². The normalized spacial score (nSPS) is 11.7. The molecule has 1 amide bonds. The highest BCUT2D eigenvalue weighted by Gasteiger charge is 2.15. The first kappa shape index (κ1) is 28.0. The second-order valence-electron chi connectivity index (χ2n) is 8.89. The number of nitrogens with one attached hydrogen (secondary N) is 1. The van der Waals surface area contributed by atoms with Crippen LogP contribution in [0.1, 0.15) is 90.9 Å². The Bertz CT molecular complexity index is 809. The molecule has 34 heavy (non-hydrogen) atoms. The molecule has 2 aromatic carbocycles. The van der Waals surface area contributed by atoms with Crippen molar-refractivity contribution < 1.29 is 14.3 Å². The van der Waals surface area contributed by atoms with Gasteiger partial charge >= 0.3 is 0 Å². The van der Waals surface area contributed by atoms with E-state index in [9.17, 15) is 4.79 Å². The minimum atomic E-state index is -0.0319. The topological polar surface area (TPSA) is 47.6 Å². The SMILES string of the molecule is CCCCCCCCCCC(CCC(=O)Nc1ccc(OCCC)cc1)Oc1ccccc1Cl. The third kappa shape index (κ3) is 11.8. The molecule has 1 N–H and O–H groups in total. The standard InChI is InChI=1S/C29H42ClNO3/c1-3-5-6-7-8-9-10-11-14-26(34-28-16-13-12-15-27(28)30)21-22-29(32)31-24-17-19-25(20-18-24)33-23-4-2/h12-13,15-20,26H,3-11,14,21-23H2,1-2H3,(H,31,32). The third-order valence-corrected chi connectivity index (χ3v) is 6.13. The fraction of sp³-hybridized carbons (Fsp3) is 0.552. The quantitative estimate of drug-likeness (QED) is 0.213. The fourth-order valence-electron chi connectivity index (χ4n) is 3.86. The molecular weight excluding hydrogens is 446 g/mol. The molecule has 1 unspecified atom stereocenters. The van der Waals surface area contributed by atoms with Crippen molar-refractivity contribution in [1.82, 2.24) is 0 Å². The largest absolute Gasteiger partial charge is 0.494 e. The maximum absolute atomic E-state index is 12.6. The highest BCUT2D eigenvalue weighted by Crippen LogP contribution is 2.27. The number of para-hydroxylation sites is 1. The first-order valence-corrected chi connectivity index (χ1v) is 13.4. The highest BCUT2D eigenvalue weighted by molar-refractivity contribution is 6.32. The van der Waals surface area contributed by atoms with E-state index in [1.54, 1.807) is 0 Å². The van der Waals surface area contributed by atoms with Crippen LogP contribution in [0.3, 0.4) is 0 Å². The van der Waals surface area contributed by atoms with Crippen LogP contribution in [0.15, 0.2) is 48.5 Å². The summed E-state index contributed by atoms with van der Waals surface area (Å²) in [5, 5.41) is 3.59. The highest BCUT2D eigenvalue weighted by atomic mass is 35.5. The van der Waals surface area contributed by atoms with Gasteiger partial charge in [-0.15, -0.1) is 0 Å².